The first kappa shape index (κ1) is 10.4. The minimum Gasteiger partial charge on any atom is -0.372 e. The Morgan fingerprint density at radius 3 is 2.67 bits per heavy atom. The number of benzene rings is 1. The summed E-state index contributed by atoms with van der Waals surface area (Å²) >= 11 is 0. The molecule has 0 radical (unpaired) electrons. The van der Waals surface area contributed by atoms with Gasteiger partial charge in [-0.2, -0.15) is 0 Å². The van der Waals surface area contributed by atoms with Crippen molar-refractivity contribution in [1.29, 1.82) is 0 Å². The highest BCUT2D eigenvalue weighted by Gasteiger charge is 2.19. The molecule has 2 atom stereocenters. The maximum atomic E-state index is 5.47. The fourth-order valence-electron chi connectivity index (χ4n) is 1.86. The monoisotopic (exact) mass is 203 g/mol. The van der Waals surface area contributed by atoms with Crippen molar-refractivity contribution in [3.05, 3.63) is 35.9 Å². The molecule has 1 aromatic rings. The van der Waals surface area contributed by atoms with Crippen LogP contribution in [0.5, 0.6) is 0 Å². The first-order valence-corrected chi connectivity index (χ1v) is 5.50. The highest BCUT2D eigenvalue weighted by molar-refractivity contribution is 5.90. The first-order valence-electron chi connectivity index (χ1n) is 5.50. The number of ether oxygens (including phenoxy) is 1. The van der Waals surface area contributed by atoms with E-state index in [9.17, 15) is 0 Å². The maximum Gasteiger partial charge on any atom is 0.0924 e. The van der Waals surface area contributed by atoms with Crippen LogP contribution in [0, 0.1) is 0 Å². The molecule has 1 fully saturated rings. The van der Waals surface area contributed by atoms with Gasteiger partial charge in [0.1, 0.15) is 0 Å². The Bertz CT molecular complexity index is 345. The van der Waals surface area contributed by atoms with E-state index in [-0.39, 0.29) is 12.1 Å². The molecule has 1 heterocycles. The van der Waals surface area contributed by atoms with Crippen molar-refractivity contribution >= 4 is 5.71 Å². The fraction of sp³-hybridized carbons (Fsp3) is 0.462. The lowest BCUT2D eigenvalue weighted by Crippen LogP contribution is -2.11. The summed E-state index contributed by atoms with van der Waals surface area (Å²) in [4.78, 5) is 4.72. The van der Waals surface area contributed by atoms with E-state index >= 15 is 0 Å². The number of rotatable bonds is 2. The first-order chi connectivity index (χ1) is 7.27. The van der Waals surface area contributed by atoms with E-state index in [1.165, 1.54) is 11.3 Å². The van der Waals surface area contributed by atoms with Crippen LogP contribution in [0.4, 0.5) is 0 Å². The van der Waals surface area contributed by atoms with E-state index in [1.807, 2.05) is 6.07 Å². The molecule has 0 amide bonds. The molecular weight excluding hydrogens is 186 g/mol. The summed E-state index contributed by atoms with van der Waals surface area (Å²) in [6.45, 7) is 5.03. The lowest BCUT2D eigenvalue weighted by Gasteiger charge is -2.09. The van der Waals surface area contributed by atoms with Crippen molar-refractivity contribution in [2.45, 2.75) is 32.4 Å². The third-order valence-corrected chi connectivity index (χ3v) is 2.84. The normalized spacial score (nSPS) is 25.7. The second-order valence-corrected chi connectivity index (χ2v) is 3.97. The third kappa shape index (κ3) is 2.45. The molecule has 0 saturated carbocycles. The van der Waals surface area contributed by atoms with Crippen LogP contribution in [0.15, 0.2) is 35.3 Å². The highest BCUT2D eigenvalue weighted by Crippen LogP contribution is 2.19. The van der Waals surface area contributed by atoms with Gasteiger partial charge in [0, 0.05) is 12.1 Å². The summed E-state index contributed by atoms with van der Waals surface area (Å²) in [7, 11) is 0. The molecule has 1 aliphatic heterocycles. The lowest BCUT2D eigenvalue weighted by atomic mass is 10.1. The van der Waals surface area contributed by atoms with Crippen LogP contribution in [-0.2, 0) is 4.74 Å². The summed E-state index contributed by atoms with van der Waals surface area (Å²) in [5.74, 6) is 0. The Morgan fingerprint density at radius 2 is 2.07 bits per heavy atom. The molecule has 2 rings (SSSR count). The summed E-state index contributed by atoms with van der Waals surface area (Å²) in [6.07, 6.45) is 1.19. The molecule has 2 nitrogen and oxygen atoms in total. The molecule has 1 unspecified atom stereocenters. The van der Waals surface area contributed by atoms with Gasteiger partial charge in [-0.15, -0.1) is 0 Å². The smallest absolute Gasteiger partial charge is 0.0924 e. The van der Waals surface area contributed by atoms with E-state index in [4.69, 9.17) is 9.73 Å². The van der Waals surface area contributed by atoms with E-state index in [1.54, 1.807) is 0 Å². The van der Waals surface area contributed by atoms with Crippen LogP contribution in [0.1, 0.15) is 31.9 Å². The SMILES string of the molecule is CC1OCCC1=N[C@H](C)c1ccccc1. The van der Waals surface area contributed by atoms with Crippen LogP contribution in [0.2, 0.25) is 0 Å². The van der Waals surface area contributed by atoms with E-state index < -0.39 is 0 Å². The van der Waals surface area contributed by atoms with Gasteiger partial charge in [0.05, 0.1) is 18.8 Å². The van der Waals surface area contributed by atoms with Gasteiger partial charge in [-0.25, -0.2) is 0 Å². The molecule has 0 bridgehead atoms. The average molecular weight is 203 g/mol. The van der Waals surface area contributed by atoms with E-state index in [0.29, 0.717) is 0 Å². The minimum atomic E-state index is 0.205. The molecule has 0 aliphatic carbocycles. The zero-order valence-electron chi connectivity index (χ0n) is 9.31. The van der Waals surface area contributed by atoms with Crippen LogP contribution >= 0.6 is 0 Å². The van der Waals surface area contributed by atoms with E-state index in [0.717, 1.165) is 13.0 Å². The standard InChI is InChI=1S/C13H17NO/c1-10(12-6-4-3-5-7-12)14-13-8-9-15-11(13)2/h3-7,10-11H,8-9H2,1-2H3/t10-,11?/m1/s1. The van der Waals surface area contributed by atoms with Gasteiger partial charge in [0.25, 0.3) is 0 Å². The van der Waals surface area contributed by atoms with Gasteiger partial charge in [0.15, 0.2) is 0 Å². The number of hydrogen-bond acceptors (Lipinski definition) is 2. The Labute approximate surface area is 91.0 Å². The Hall–Kier alpha value is -1.15. The van der Waals surface area contributed by atoms with E-state index in [2.05, 4.69) is 38.1 Å². The molecule has 1 saturated heterocycles. The zero-order chi connectivity index (χ0) is 10.7. The van der Waals surface area contributed by atoms with Crippen molar-refractivity contribution in [2.24, 2.45) is 4.99 Å². The summed E-state index contributed by atoms with van der Waals surface area (Å²) in [5.41, 5.74) is 2.47. The van der Waals surface area contributed by atoms with Gasteiger partial charge in [-0.05, 0) is 19.4 Å². The van der Waals surface area contributed by atoms with Crippen molar-refractivity contribution in [3.8, 4) is 0 Å². The quantitative estimate of drug-likeness (QED) is 0.724. The van der Waals surface area contributed by atoms with Crippen LogP contribution in [0.25, 0.3) is 0 Å². The lowest BCUT2D eigenvalue weighted by molar-refractivity contribution is 0.145. The minimum absolute atomic E-state index is 0.205. The zero-order valence-corrected chi connectivity index (χ0v) is 9.31. The fourth-order valence-corrected chi connectivity index (χ4v) is 1.86. The van der Waals surface area contributed by atoms with Gasteiger partial charge in [0.2, 0.25) is 0 Å². The second-order valence-electron chi connectivity index (χ2n) is 3.97. The third-order valence-electron chi connectivity index (χ3n) is 2.84. The average Bonchev–Trinajstić information content (AvgIpc) is 2.66. The maximum absolute atomic E-state index is 5.47. The van der Waals surface area contributed by atoms with Crippen molar-refractivity contribution in [2.75, 3.05) is 6.61 Å². The van der Waals surface area contributed by atoms with Crippen molar-refractivity contribution in [3.63, 3.8) is 0 Å². The second kappa shape index (κ2) is 4.58. The van der Waals surface area contributed by atoms with Gasteiger partial charge >= 0.3 is 0 Å². The molecule has 0 aromatic heterocycles. The van der Waals surface area contributed by atoms with Crippen molar-refractivity contribution in [1.82, 2.24) is 0 Å². The van der Waals surface area contributed by atoms with Crippen LogP contribution < -0.4 is 0 Å². The van der Waals surface area contributed by atoms with Gasteiger partial charge in [-0.3, -0.25) is 4.99 Å². The molecule has 1 aromatic carbocycles. The predicted octanol–water partition coefficient (Wildman–Crippen LogP) is 3.00. The summed E-state index contributed by atoms with van der Waals surface area (Å²) < 4.78 is 5.47. The summed E-state index contributed by atoms with van der Waals surface area (Å²) in [5, 5.41) is 0. The number of aliphatic imine (C=N–C) groups is 1. The highest BCUT2D eigenvalue weighted by atomic mass is 16.5. The number of nitrogens with zero attached hydrogens (tertiary/aromatic N) is 1. The molecule has 80 valence electrons. The van der Waals surface area contributed by atoms with Crippen LogP contribution in [-0.4, -0.2) is 18.4 Å². The molecular formula is C13H17NO. The van der Waals surface area contributed by atoms with Gasteiger partial charge < -0.3 is 4.74 Å². The topological polar surface area (TPSA) is 21.6 Å². The Balaban J connectivity index is 2.12. The summed E-state index contributed by atoms with van der Waals surface area (Å²) in [6, 6.07) is 10.6. The molecule has 0 spiro atoms. The Morgan fingerprint density at radius 1 is 1.33 bits per heavy atom. The molecule has 15 heavy (non-hydrogen) atoms. The van der Waals surface area contributed by atoms with Gasteiger partial charge in [-0.1, -0.05) is 30.3 Å². The van der Waals surface area contributed by atoms with Crippen LogP contribution in [0.3, 0.4) is 0 Å². The molecule has 1 aliphatic rings. The Kier molecular flexibility index (Phi) is 3.17. The largest absolute Gasteiger partial charge is 0.372 e. The molecule has 2 heteroatoms. The van der Waals surface area contributed by atoms with Crippen molar-refractivity contribution < 1.29 is 4.74 Å². The number of hydrogen-bond donors (Lipinski definition) is 0. The predicted molar refractivity (Wildman–Crippen MR) is 62.3 cm³/mol. The molecule has 0 N–H and O–H groups in total.